The normalized spacial score (nSPS) is 20.4. The number of rotatable bonds is 5. The van der Waals surface area contributed by atoms with E-state index in [-0.39, 0.29) is 17.8 Å². The maximum Gasteiger partial charge on any atom is 0.257 e. The number of hydrazone groups is 1. The third-order valence-corrected chi connectivity index (χ3v) is 6.14. The van der Waals surface area contributed by atoms with Crippen molar-refractivity contribution in [2.45, 2.75) is 26.3 Å². The molecule has 2 aromatic rings. The van der Waals surface area contributed by atoms with Crippen LogP contribution in [0.25, 0.3) is 0 Å². The highest BCUT2D eigenvalue weighted by Crippen LogP contribution is 2.34. The summed E-state index contributed by atoms with van der Waals surface area (Å²) in [5.74, 6) is -0.291. The van der Waals surface area contributed by atoms with Crippen LogP contribution >= 0.6 is 0 Å². The maximum absolute atomic E-state index is 13.8. The summed E-state index contributed by atoms with van der Waals surface area (Å²) in [6.45, 7) is 9.39. The van der Waals surface area contributed by atoms with E-state index in [9.17, 15) is 9.18 Å². The molecule has 4 rings (SSSR count). The van der Waals surface area contributed by atoms with Gasteiger partial charge in [-0.25, -0.2) is 9.40 Å². The number of benzene rings is 2. The van der Waals surface area contributed by atoms with Crippen molar-refractivity contribution in [2.24, 2.45) is 5.10 Å². The fraction of sp³-hybridized carbons (Fsp3) is 0.417. The van der Waals surface area contributed by atoms with Crippen LogP contribution in [0.1, 0.15) is 36.1 Å². The van der Waals surface area contributed by atoms with E-state index in [1.54, 1.807) is 11.1 Å². The Morgan fingerprint density at radius 2 is 1.80 bits per heavy atom. The van der Waals surface area contributed by atoms with Crippen LogP contribution in [0.3, 0.4) is 0 Å². The number of carbonyl (C=O) groups excluding carboxylic acids is 1. The molecule has 2 aromatic carbocycles. The number of piperazine rings is 1. The van der Waals surface area contributed by atoms with Crippen LogP contribution < -0.4 is 0 Å². The molecule has 1 saturated heterocycles. The molecule has 2 heterocycles. The lowest BCUT2D eigenvalue weighted by atomic mass is 9.95. The van der Waals surface area contributed by atoms with Crippen LogP contribution in [0.5, 0.6) is 0 Å². The monoisotopic (exact) mass is 408 g/mol. The van der Waals surface area contributed by atoms with Crippen molar-refractivity contribution in [3.63, 3.8) is 0 Å². The molecule has 2 aliphatic rings. The molecule has 158 valence electrons. The van der Waals surface area contributed by atoms with Gasteiger partial charge >= 0.3 is 0 Å². The molecule has 1 amide bonds. The number of likely N-dealkylation sites (N-methyl/N-ethyl adjacent to an activating group) is 1. The Balaban J connectivity index is 1.57. The molecule has 1 fully saturated rings. The molecule has 0 aliphatic carbocycles. The first kappa shape index (κ1) is 20.7. The van der Waals surface area contributed by atoms with E-state index in [2.05, 4.69) is 35.8 Å². The molecule has 0 radical (unpaired) electrons. The van der Waals surface area contributed by atoms with E-state index in [0.717, 1.165) is 55.1 Å². The van der Waals surface area contributed by atoms with Crippen molar-refractivity contribution in [2.75, 3.05) is 39.3 Å². The predicted octanol–water partition coefficient (Wildman–Crippen LogP) is 3.45. The molecule has 1 atom stereocenters. The number of aryl methyl sites for hydroxylation is 1. The minimum absolute atomic E-state index is 0.000366. The average Bonchev–Trinajstić information content (AvgIpc) is 3.20. The first-order valence-electron chi connectivity index (χ1n) is 10.7. The number of halogens is 1. The van der Waals surface area contributed by atoms with Gasteiger partial charge in [0.1, 0.15) is 5.82 Å². The zero-order valence-electron chi connectivity index (χ0n) is 17.7. The van der Waals surface area contributed by atoms with Gasteiger partial charge in [-0.2, -0.15) is 5.10 Å². The first-order valence-corrected chi connectivity index (χ1v) is 10.7. The molecule has 0 N–H and O–H groups in total. The SMILES string of the molecule is CCN1CCN(CC(=O)N2N=C(c3cccc(F)c3)CC2c2ccccc2C)CC1. The van der Waals surface area contributed by atoms with E-state index < -0.39 is 0 Å². The van der Waals surface area contributed by atoms with Gasteiger partial charge in [0.25, 0.3) is 5.91 Å². The van der Waals surface area contributed by atoms with Gasteiger partial charge in [-0.05, 0) is 36.7 Å². The number of amides is 1. The van der Waals surface area contributed by atoms with Crippen LogP contribution in [0.15, 0.2) is 53.6 Å². The minimum Gasteiger partial charge on any atom is -0.301 e. The van der Waals surface area contributed by atoms with Crippen molar-refractivity contribution in [1.82, 2.24) is 14.8 Å². The molecule has 1 unspecified atom stereocenters. The van der Waals surface area contributed by atoms with Crippen molar-refractivity contribution in [3.05, 3.63) is 71.0 Å². The Hall–Kier alpha value is -2.57. The smallest absolute Gasteiger partial charge is 0.257 e. The zero-order chi connectivity index (χ0) is 21.1. The predicted molar refractivity (Wildman–Crippen MR) is 117 cm³/mol. The molecular formula is C24H29FN4O. The first-order chi connectivity index (χ1) is 14.5. The van der Waals surface area contributed by atoms with Gasteiger partial charge in [0.15, 0.2) is 0 Å². The van der Waals surface area contributed by atoms with Crippen molar-refractivity contribution < 1.29 is 9.18 Å². The highest BCUT2D eigenvalue weighted by Gasteiger charge is 2.34. The van der Waals surface area contributed by atoms with Gasteiger partial charge in [-0.1, -0.05) is 43.3 Å². The van der Waals surface area contributed by atoms with E-state index in [0.29, 0.717) is 13.0 Å². The third kappa shape index (κ3) is 4.45. The maximum atomic E-state index is 13.8. The Labute approximate surface area is 177 Å². The van der Waals surface area contributed by atoms with E-state index >= 15 is 0 Å². The second kappa shape index (κ2) is 9.06. The van der Waals surface area contributed by atoms with Gasteiger partial charge in [0.2, 0.25) is 0 Å². The summed E-state index contributed by atoms with van der Waals surface area (Å²) in [5.41, 5.74) is 3.72. The van der Waals surface area contributed by atoms with Crippen molar-refractivity contribution >= 4 is 11.6 Å². The lowest BCUT2D eigenvalue weighted by Crippen LogP contribution is -2.49. The largest absolute Gasteiger partial charge is 0.301 e. The van der Waals surface area contributed by atoms with Crippen molar-refractivity contribution in [3.8, 4) is 0 Å². The summed E-state index contributed by atoms with van der Waals surface area (Å²) < 4.78 is 13.8. The third-order valence-electron chi connectivity index (χ3n) is 6.14. The Morgan fingerprint density at radius 1 is 1.07 bits per heavy atom. The van der Waals surface area contributed by atoms with Gasteiger partial charge in [0, 0.05) is 38.2 Å². The minimum atomic E-state index is -0.291. The number of hydrogen-bond acceptors (Lipinski definition) is 4. The topological polar surface area (TPSA) is 39.1 Å². The molecule has 5 nitrogen and oxygen atoms in total. The fourth-order valence-electron chi connectivity index (χ4n) is 4.31. The quantitative estimate of drug-likeness (QED) is 0.761. The summed E-state index contributed by atoms with van der Waals surface area (Å²) in [4.78, 5) is 17.9. The number of carbonyl (C=O) groups is 1. The van der Waals surface area contributed by atoms with Gasteiger partial charge in [-0.15, -0.1) is 0 Å². The number of nitrogens with zero attached hydrogens (tertiary/aromatic N) is 4. The molecule has 0 aromatic heterocycles. The van der Waals surface area contributed by atoms with Crippen LogP contribution in [0.2, 0.25) is 0 Å². The van der Waals surface area contributed by atoms with Crippen LogP contribution in [-0.4, -0.2) is 65.7 Å². The van der Waals surface area contributed by atoms with Crippen LogP contribution in [0, 0.1) is 12.7 Å². The molecular weight excluding hydrogens is 379 g/mol. The second-order valence-electron chi connectivity index (χ2n) is 8.08. The highest BCUT2D eigenvalue weighted by molar-refractivity contribution is 6.03. The molecule has 0 spiro atoms. The summed E-state index contributed by atoms with van der Waals surface area (Å²) in [6.07, 6.45) is 0.587. The van der Waals surface area contributed by atoms with Gasteiger partial charge in [0.05, 0.1) is 18.3 Å². The second-order valence-corrected chi connectivity index (χ2v) is 8.08. The molecule has 0 bridgehead atoms. The lowest BCUT2D eigenvalue weighted by Gasteiger charge is -2.34. The Kier molecular flexibility index (Phi) is 6.25. The van der Waals surface area contributed by atoms with Crippen LogP contribution in [0.4, 0.5) is 4.39 Å². The zero-order valence-corrected chi connectivity index (χ0v) is 17.7. The van der Waals surface area contributed by atoms with E-state index in [4.69, 9.17) is 5.10 Å². The summed E-state index contributed by atoms with van der Waals surface area (Å²) in [5, 5.41) is 6.33. The molecule has 6 heteroatoms. The van der Waals surface area contributed by atoms with Crippen molar-refractivity contribution in [1.29, 1.82) is 0 Å². The molecule has 0 saturated carbocycles. The fourth-order valence-corrected chi connectivity index (χ4v) is 4.31. The van der Waals surface area contributed by atoms with Crippen LogP contribution in [-0.2, 0) is 4.79 Å². The standard InChI is InChI=1S/C24H29FN4O/c1-3-27-11-13-28(14-12-27)17-24(30)29-23(21-10-5-4-7-18(21)2)16-22(26-29)19-8-6-9-20(25)15-19/h4-10,15,23H,3,11-14,16-17H2,1-2H3. The van der Waals surface area contributed by atoms with Gasteiger partial charge in [-0.3, -0.25) is 9.69 Å². The molecule has 2 aliphatic heterocycles. The molecule has 30 heavy (non-hydrogen) atoms. The summed E-state index contributed by atoms with van der Waals surface area (Å²) >= 11 is 0. The Morgan fingerprint density at radius 3 is 2.50 bits per heavy atom. The Bertz CT molecular complexity index is 936. The summed E-state index contributed by atoms with van der Waals surface area (Å²) in [7, 11) is 0. The van der Waals surface area contributed by atoms with Gasteiger partial charge < -0.3 is 4.90 Å². The average molecular weight is 409 g/mol. The summed E-state index contributed by atoms with van der Waals surface area (Å²) in [6, 6.07) is 14.4. The van der Waals surface area contributed by atoms with E-state index in [1.807, 2.05) is 18.2 Å². The lowest BCUT2D eigenvalue weighted by molar-refractivity contribution is -0.134. The van der Waals surface area contributed by atoms with E-state index in [1.165, 1.54) is 12.1 Å². The highest BCUT2D eigenvalue weighted by atomic mass is 19.1. The number of hydrogen-bond donors (Lipinski definition) is 0.